The predicted octanol–water partition coefficient (Wildman–Crippen LogP) is 2.60. The summed E-state index contributed by atoms with van der Waals surface area (Å²) in [6.07, 6.45) is 6.64. The molecule has 0 radical (unpaired) electrons. The highest BCUT2D eigenvalue weighted by atomic mass is 32.2. The minimum absolute atomic E-state index is 0.0565. The van der Waals surface area contributed by atoms with E-state index in [1.165, 1.54) is 35.7 Å². The molecule has 1 aromatic carbocycles. The van der Waals surface area contributed by atoms with Crippen LogP contribution < -0.4 is 5.69 Å². The van der Waals surface area contributed by atoms with Gasteiger partial charge in [0.15, 0.2) is 10.9 Å². The Morgan fingerprint density at radius 2 is 2.12 bits per heavy atom. The van der Waals surface area contributed by atoms with Crippen LogP contribution in [0.1, 0.15) is 47.2 Å². The largest absolute Gasteiger partial charge is 0.376 e. The molecule has 1 fully saturated rings. The molecule has 1 aromatic heterocycles. The first kappa shape index (κ1) is 17.5. The molecule has 7 heteroatoms. The molecule has 2 heterocycles. The zero-order chi connectivity index (χ0) is 17.9. The third kappa shape index (κ3) is 3.78. The van der Waals surface area contributed by atoms with E-state index in [9.17, 15) is 9.59 Å². The second-order valence-corrected chi connectivity index (χ2v) is 7.90. The van der Waals surface area contributed by atoms with Gasteiger partial charge in [-0.2, -0.15) is 0 Å². The number of ketones is 1. The molecular formula is C19H23N3O3S. The van der Waals surface area contributed by atoms with Gasteiger partial charge in [0.2, 0.25) is 0 Å². The second-order valence-electron chi connectivity index (χ2n) is 6.96. The first-order chi connectivity index (χ1) is 12.7. The number of thioether (sulfide) groups is 1. The van der Waals surface area contributed by atoms with Crippen LogP contribution in [0.4, 0.5) is 0 Å². The number of hydrogen-bond acceptors (Lipinski definition) is 5. The van der Waals surface area contributed by atoms with E-state index in [4.69, 9.17) is 4.74 Å². The van der Waals surface area contributed by atoms with Gasteiger partial charge in [-0.3, -0.25) is 9.36 Å². The molecule has 0 amide bonds. The number of ether oxygens (including phenoxy) is 1. The van der Waals surface area contributed by atoms with Crippen molar-refractivity contribution in [1.82, 2.24) is 14.8 Å². The summed E-state index contributed by atoms with van der Waals surface area (Å²) in [5.41, 5.74) is 3.19. The van der Waals surface area contributed by atoms with Crippen molar-refractivity contribution in [3.63, 3.8) is 0 Å². The SMILES string of the molecule is O=C(CSc1n[nH]c(=O)n1CC1CCCO1)c1ccc2c(c1)CCCC2. The van der Waals surface area contributed by atoms with Crippen molar-refractivity contribution >= 4 is 17.5 Å². The molecule has 0 saturated carbocycles. The van der Waals surface area contributed by atoms with Gasteiger partial charge in [-0.1, -0.05) is 23.9 Å². The number of aromatic amines is 1. The standard InChI is InChI=1S/C19H23N3O3S/c23-17(15-8-7-13-4-1-2-5-14(13)10-15)12-26-19-21-20-18(24)22(19)11-16-6-3-9-25-16/h7-8,10,16H,1-6,9,11-12H2,(H,20,24). The average molecular weight is 373 g/mol. The first-order valence-electron chi connectivity index (χ1n) is 9.25. The zero-order valence-electron chi connectivity index (χ0n) is 14.7. The fraction of sp³-hybridized carbons (Fsp3) is 0.526. The van der Waals surface area contributed by atoms with Gasteiger partial charge >= 0.3 is 5.69 Å². The summed E-state index contributed by atoms with van der Waals surface area (Å²) in [6, 6.07) is 6.06. The zero-order valence-corrected chi connectivity index (χ0v) is 15.5. The summed E-state index contributed by atoms with van der Waals surface area (Å²) in [5, 5.41) is 7.11. The van der Waals surface area contributed by atoms with Crippen LogP contribution in [0.2, 0.25) is 0 Å². The molecule has 2 aromatic rings. The number of nitrogens with zero attached hydrogens (tertiary/aromatic N) is 2. The van der Waals surface area contributed by atoms with E-state index < -0.39 is 0 Å². The molecule has 1 unspecified atom stereocenters. The number of fused-ring (bicyclic) bond motifs is 1. The number of rotatable bonds is 6. The second kappa shape index (κ2) is 7.80. The number of aromatic nitrogens is 3. The van der Waals surface area contributed by atoms with Gasteiger partial charge in [-0.05, 0) is 55.7 Å². The van der Waals surface area contributed by atoms with Crippen LogP contribution in [0.25, 0.3) is 0 Å². The highest BCUT2D eigenvalue weighted by molar-refractivity contribution is 7.99. The van der Waals surface area contributed by atoms with Crippen molar-refractivity contribution < 1.29 is 9.53 Å². The van der Waals surface area contributed by atoms with E-state index in [0.29, 0.717) is 11.7 Å². The lowest BCUT2D eigenvalue weighted by atomic mass is 9.90. The maximum atomic E-state index is 12.6. The van der Waals surface area contributed by atoms with Crippen molar-refractivity contribution in [2.75, 3.05) is 12.4 Å². The molecule has 26 heavy (non-hydrogen) atoms. The van der Waals surface area contributed by atoms with E-state index >= 15 is 0 Å². The summed E-state index contributed by atoms with van der Waals surface area (Å²) in [5.74, 6) is 0.344. The van der Waals surface area contributed by atoms with E-state index in [1.807, 2.05) is 12.1 Å². The van der Waals surface area contributed by atoms with E-state index in [0.717, 1.165) is 37.9 Å². The quantitative estimate of drug-likeness (QED) is 0.622. The molecule has 6 nitrogen and oxygen atoms in total. The molecule has 1 N–H and O–H groups in total. The number of H-pyrrole nitrogens is 1. The molecule has 138 valence electrons. The van der Waals surface area contributed by atoms with E-state index in [1.54, 1.807) is 4.57 Å². The normalized spacial score (nSPS) is 19.5. The predicted molar refractivity (Wildman–Crippen MR) is 100.0 cm³/mol. The Morgan fingerprint density at radius 1 is 1.27 bits per heavy atom. The number of Topliss-reactive ketones (excluding diaryl/α,β-unsaturated/α-hetero) is 1. The Labute approximate surface area is 156 Å². The summed E-state index contributed by atoms with van der Waals surface area (Å²) in [7, 11) is 0. The maximum absolute atomic E-state index is 12.6. The molecule has 1 aliphatic carbocycles. The third-order valence-corrected chi connectivity index (χ3v) is 6.11. The number of aryl methyl sites for hydroxylation is 2. The number of benzene rings is 1. The Morgan fingerprint density at radius 3 is 2.92 bits per heavy atom. The Hall–Kier alpha value is -1.86. The van der Waals surface area contributed by atoms with Gasteiger partial charge in [0.05, 0.1) is 18.4 Å². The van der Waals surface area contributed by atoms with Crippen molar-refractivity contribution in [2.45, 2.75) is 56.3 Å². The Balaban J connectivity index is 1.42. The molecule has 1 atom stereocenters. The number of carbonyl (C=O) groups excluding carboxylic acids is 1. The third-order valence-electron chi connectivity index (χ3n) is 5.14. The minimum Gasteiger partial charge on any atom is -0.376 e. The molecule has 4 rings (SSSR count). The van der Waals surface area contributed by atoms with Crippen LogP contribution in [-0.4, -0.2) is 39.0 Å². The maximum Gasteiger partial charge on any atom is 0.344 e. The van der Waals surface area contributed by atoms with Crippen LogP contribution in [-0.2, 0) is 24.1 Å². The van der Waals surface area contributed by atoms with Crippen LogP contribution in [0, 0.1) is 0 Å². The lowest BCUT2D eigenvalue weighted by molar-refractivity contribution is 0.0941. The van der Waals surface area contributed by atoms with Gasteiger partial charge in [0.25, 0.3) is 0 Å². The molecule has 0 bridgehead atoms. The molecule has 2 aliphatic rings. The highest BCUT2D eigenvalue weighted by Crippen LogP contribution is 2.24. The first-order valence-corrected chi connectivity index (χ1v) is 10.2. The smallest absolute Gasteiger partial charge is 0.344 e. The molecule has 1 aliphatic heterocycles. The Kier molecular flexibility index (Phi) is 5.26. The van der Waals surface area contributed by atoms with Crippen molar-refractivity contribution in [3.8, 4) is 0 Å². The number of carbonyl (C=O) groups is 1. The van der Waals surface area contributed by atoms with Crippen LogP contribution in [0.3, 0.4) is 0 Å². The topological polar surface area (TPSA) is 77.0 Å². The van der Waals surface area contributed by atoms with Gasteiger partial charge in [-0.25, -0.2) is 9.89 Å². The number of hydrogen-bond donors (Lipinski definition) is 1. The summed E-state index contributed by atoms with van der Waals surface area (Å²) < 4.78 is 7.19. The van der Waals surface area contributed by atoms with Gasteiger partial charge in [0, 0.05) is 12.2 Å². The summed E-state index contributed by atoms with van der Waals surface area (Å²) in [6.45, 7) is 1.24. The van der Waals surface area contributed by atoms with Crippen LogP contribution in [0.15, 0.2) is 28.2 Å². The lowest BCUT2D eigenvalue weighted by Crippen LogP contribution is -2.25. The Bertz CT molecular complexity index is 852. The lowest BCUT2D eigenvalue weighted by Gasteiger charge is -2.16. The van der Waals surface area contributed by atoms with Gasteiger partial charge < -0.3 is 4.74 Å². The molecule has 0 spiro atoms. The summed E-state index contributed by atoms with van der Waals surface area (Å²) >= 11 is 1.31. The monoisotopic (exact) mass is 373 g/mol. The van der Waals surface area contributed by atoms with Crippen LogP contribution in [0.5, 0.6) is 0 Å². The van der Waals surface area contributed by atoms with Gasteiger partial charge in [0.1, 0.15) is 0 Å². The minimum atomic E-state index is -0.246. The molecular weight excluding hydrogens is 350 g/mol. The van der Waals surface area contributed by atoms with Crippen molar-refractivity contribution in [1.29, 1.82) is 0 Å². The van der Waals surface area contributed by atoms with Gasteiger partial charge in [-0.15, -0.1) is 5.10 Å². The fourth-order valence-corrected chi connectivity index (χ4v) is 4.54. The van der Waals surface area contributed by atoms with E-state index in [2.05, 4.69) is 16.3 Å². The number of nitrogens with one attached hydrogen (secondary N) is 1. The van der Waals surface area contributed by atoms with Crippen LogP contribution >= 0.6 is 11.8 Å². The molecule has 1 saturated heterocycles. The highest BCUT2D eigenvalue weighted by Gasteiger charge is 2.20. The average Bonchev–Trinajstić information content (AvgIpc) is 3.30. The van der Waals surface area contributed by atoms with E-state index in [-0.39, 0.29) is 23.3 Å². The summed E-state index contributed by atoms with van der Waals surface area (Å²) in [4.78, 5) is 24.6. The van der Waals surface area contributed by atoms with Crippen molar-refractivity contribution in [3.05, 3.63) is 45.4 Å². The van der Waals surface area contributed by atoms with Crippen molar-refractivity contribution in [2.24, 2.45) is 0 Å². The fourth-order valence-electron chi connectivity index (χ4n) is 3.69.